The van der Waals surface area contributed by atoms with Gasteiger partial charge in [-0.3, -0.25) is 4.79 Å². The predicted octanol–water partition coefficient (Wildman–Crippen LogP) is 5.03. The fraction of sp³-hybridized carbons (Fsp3) is 0.391. The molecule has 0 amide bonds. The maximum atomic E-state index is 14.3. The molecule has 0 bridgehead atoms. The molecule has 0 saturated carbocycles. The number of carbonyl (C=O) groups is 2. The van der Waals surface area contributed by atoms with Crippen LogP contribution >= 0.6 is 0 Å². The highest BCUT2D eigenvalue weighted by molar-refractivity contribution is 5.88. The van der Waals surface area contributed by atoms with E-state index in [1.165, 1.54) is 6.07 Å². The molecule has 1 heterocycles. The highest BCUT2D eigenvalue weighted by atomic mass is 19.1. The Morgan fingerprint density at radius 2 is 1.93 bits per heavy atom. The van der Waals surface area contributed by atoms with Crippen LogP contribution in [-0.2, 0) is 17.6 Å². The number of hydrogen-bond acceptors (Lipinski definition) is 3. The second kappa shape index (κ2) is 7.38. The number of benzene rings is 2. The molecule has 0 aliphatic carbocycles. The summed E-state index contributed by atoms with van der Waals surface area (Å²) in [6.07, 6.45) is 0.780. The summed E-state index contributed by atoms with van der Waals surface area (Å²) in [4.78, 5) is 23.4. The summed E-state index contributed by atoms with van der Waals surface area (Å²) in [5.74, 6) is -1.43. The number of carboxylic acids is 1. The number of fused-ring (bicyclic) bond motifs is 1. The Kier molecular flexibility index (Phi) is 5.28. The minimum Gasteiger partial charge on any atom is -0.478 e. The van der Waals surface area contributed by atoms with Crippen molar-refractivity contribution >= 4 is 17.4 Å². The Labute approximate surface area is 164 Å². The first-order chi connectivity index (χ1) is 13.1. The Bertz CT molecular complexity index is 933. The number of nitrogens with one attached hydrogen (secondary N) is 1. The summed E-state index contributed by atoms with van der Waals surface area (Å²) in [5.41, 5.74) is 3.23. The third-order valence-electron chi connectivity index (χ3n) is 5.49. The summed E-state index contributed by atoms with van der Waals surface area (Å²) >= 11 is 0. The first kappa shape index (κ1) is 20.1. The van der Waals surface area contributed by atoms with Gasteiger partial charge in [0.15, 0.2) is 0 Å². The molecule has 1 unspecified atom stereocenters. The second-order valence-corrected chi connectivity index (χ2v) is 8.57. The Morgan fingerprint density at radius 3 is 2.57 bits per heavy atom. The van der Waals surface area contributed by atoms with E-state index in [0.717, 1.165) is 16.8 Å². The summed E-state index contributed by atoms with van der Waals surface area (Å²) in [7, 11) is 0. The van der Waals surface area contributed by atoms with Crippen molar-refractivity contribution in [3.63, 3.8) is 0 Å². The zero-order chi connectivity index (χ0) is 20.6. The predicted molar refractivity (Wildman–Crippen MR) is 107 cm³/mol. The van der Waals surface area contributed by atoms with E-state index in [0.29, 0.717) is 12.0 Å². The molecule has 0 spiro atoms. The molecule has 0 aromatic heterocycles. The van der Waals surface area contributed by atoms with E-state index in [-0.39, 0.29) is 41.0 Å². The Hall–Kier alpha value is -2.69. The zero-order valence-electron chi connectivity index (χ0n) is 16.7. The fourth-order valence-electron chi connectivity index (χ4n) is 3.79. The zero-order valence-corrected chi connectivity index (χ0v) is 16.7. The monoisotopic (exact) mass is 383 g/mol. The molecule has 2 aromatic rings. The summed E-state index contributed by atoms with van der Waals surface area (Å²) < 4.78 is 14.3. The third kappa shape index (κ3) is 3.93. The number of halogens is 1. The lowest BCUT2D eigenvalue weighted by Gasteiger charge is -2.41. The molecule has 0 saturated heterocycles. The van der Waals surface area contributed by atoms with Crippen molar-refractivity contribution < 1.29 is 19.1 Å². The lowest BCUT2D eigenvalue weighted by atomic mass is 9.72. The molecule has 5 heteroatoms. The Morgan fingerprint density at radius 1 is 1.21 bits per heavy atom. The molecule has 1 atom stereocenters. The maximum absolute atomic E-state index is 14.3. The van der Waals surface area contributed by atoms with Gasteiger partial charge in [0.1, 0.15) is 11.6 Å². The van der Waals surface area contributed by atoms with E-state index in [9.17, 15) is 19.1 Å². The molecule has 2 N–H and O–H groups in total. The van der Waals surface area contributed by atoms with Crippen LogP contribution in [0.4, 0.5) is 10.1 Å². The molecular weight excluding hydrogens is 357 g/mol. The molecule has 3 rings (SSSR count). The number of carbonyl (C=O) groups excluding carboxylic acids is 1. The van der Waals surface area contributed by atoms with Crippen molar-refractivity contribution in [2.24, 2.45) is 11.3 Å². The highest BCUT2D eigenvalue weighted by Gasteiger charge is 2.36. The standard InChI is InChI=1S/C23H26FNO3/c1-13(2)20(26)11-16-9-14(5-7-18(16)24)21-23(3,4)12-17-10-15(22(27)28)6-8-19(17)25-21/h5-10,13,21,25H,11-12H2,1-4H3,(H,27,28). The van der Waals surface area contributed by atoms with E-state index in [4.69, 9.17) is 0 Å². The van der Waals surface area contributed by atoms with Crippen molar-refractivity contribution in [2.75, 3.05) is 5.32 Å². The van der Waals surface area contributed by atoms with Gasteiger partial charge >= 0.3 is 5.97 Å². The van der Waals surface area contributed by atoms with Crippen molar-refractivity contribution in [2.45, 2.75) is 46.6 Å². The van der Waals surface area contributed by atoms with Crippen LogP contribution in [0.25, 0.3) is 0 Å². The van der Waals surface area contributed by atoms with Gasteiger partial charge in [-0.25, -0.2) is 9.18 Å². The van der Waals surface area contributed by atoms with Gasteiger partial charge in [-0.15, -0.1) is 0 Å². The second-order valence-electron chi connectivity index (χ2n) is 8.57. The Balaban J connectivity index is 1.95. The van der Waals surface area contributed by atoms with Gasteiger partial charge in [-0.05, 0) is 52.8 Å². The summed E-state index contributed by atoms with van der Waals surface area (Å²) in [6.45, 7) is 7.84. The normalized spacial score (nSPS) is 17.7. The molecule has 1 aliphatic heterocycles. The van der Waals surface area contributed by atoms with Gasteiger partial charge in [0.2, 0.25) is 0 Å². The van der Waals surface area contributed by atoms with Gasteiger partial charge in [-0.2, -0.15) is 0 Å². The molecule has 148 valence electrons. The molecule has 0 radical (unpaired) electrons. The summed E-state index contributed by atoms with van der Waals surface area (Å²) in [6, 6.07) is 9.97. The number of carboxylic acid groups (broad SMARTS) is 1. The van der Waals surface area contributed by atoms with E-state index in [1.807, 2.05) is 13.8 Å². The largest absolute Gasteiger partial charge is 0.478 e. The van der Waals surface area contributed by atoms with Crippen molar-refractivity contribution in [3.05, 3.63) is 64.5 Å². The first-order valence-corrected chi connectivity index (χ1v) is 9.52. The van der Waals surface area contributed by atoms with Crippen LogP contribution in [0.5, 0.6) is 0 Å². The SMILES string of the molecule is CC(C)C(=O)Cc1cc(C2Nc3ccc(C(=O)O)cc3CC2(C)C)ccc1F. The van der Waals surface area contributed by atoms with Crippen LogP contribution < -0.4 is 5.32 Å². The van der Waals surface area contributed by atoms with Crippen LogP contribution in [-0.4, -0.2) is 16.9 Å². The van der Waals surface area contributed by atoms with Crippen LogP contribution in [0.1, 0.15) is 60.8 Å². The lowest BCUT2D eigenvalue weighted by molar-refractivity contribution is -0.121. The average molecular weight is 383 g/mol. The van der Waals surface area contributed by atoms with Crippen LogP contribution in [0.3, 0.4) is 0 Å². The fourth-order valence-corrected chi connectivity index (χ4v) is 3.79. The maximum Gasteiger partial charge on any atom is 0.335 e. The average Bonchev–Trinajstić information content (AvgIpc) is 2.61. The van der Waals surface area contributed by atoms with E-state index in [1.54, 1.807) is 30.3 Å². The summed E-state index contributed by atoms with van der Waals surface area (Å²) in [5, 5.41) is 12.7. The number of hydrogen-bond donors (Lipinski definition) is 2. The topological polar surface area (TPSA) is 66.4 Å². The molecule has 1 aliphatic rings. The highest BCUT2D eigenvalue weighted by Crippen LogP contribution is 2.45. The van der Waals surface area contributed by atoms with E-state index < -0.39 is 5.97 Å². The van der Waals surface area contributed by atoms with Crippen molar-refractivity contribution in [1.82, 2.24) is 0 Å². The van der Waals surface area contributed by atoms with Crippen molar-refractivity contribution in [3.8, 4) is 0 Å². The molecule has 28 heavy (non-hydrogen) atoms. The smallest absolute Gasteiger partial charge is 0.335 e. The minimum absolute atomic E-state index is 0.0125. The minimum atomic E-state index is -0.944. The number of aromatic carboxylic acids is 1. The van der Waals surface area contributed by atoms with Gasteiger partial charge < -0.3 is 10.4 Å². The van der Waals surface area contributed by atoms with Gasteiger partial charge in [0, 0.05) is 18.0 Å². The van der Waals surface area contributed by atoms with E-state index >= 15 is 0 Å². The van der Waals surface area contributed by atoms with Gasteiger partial charge in [0.25, 0.3) is 0 Å². The molecule has 0 fully saturated rings. The number of ketones is 1. The van der Waals surface area contributed by atoms with Crippen LogP contribution in [0.2, 0.25) is 0 Å². The number of anilines is 1. The van der Waals surface area contributed by atoms with Crippen LogP contribution in [0.15, 0.2) is 36.4 Å². The van der Waals surface area contributed by atoms with E-state index in [2.05, 4.69) is 19.2 Å². The number of rotatable bonds is 5. The van der Waals surface area contributed by atoms with Gasteiger partial charge in [0.05, 0.1) is 11.6 Å². The third-order valence-corrected chi connectivity index (χ3v) is 5.49. The number of Topliss-reactive ketones (excluding diaryl/α,β-unsaturated/α-hetero) is 1. The molecule has 2 aromatic carbocycles. The lowest BCUT2D eigenvalue weighted by Crippen LogP contribution is -2.35. The molecular formula is C23H26FNO3. The first-order valence-electron chi connectivity index (χ1n) is 9.52. The van der Waals surface area contributed by atoms with Gasteiger partial charge in [-0.1, -0.05) is 39.8 Å². The molecule has 4 nitrogen and oxygen atoms in total. The van der Waals surface area contributed by atoms with Crippen molar-refractivity contribution in [1.29, 1.82) is 0 Å². The quantitative estimate of drug-likeness (QED) is 0.760. The van der Waals surface area contributed by atoms with Crippen LogP contribution in [0, 0.1) is 17.2 Å².